The van der Waals surface area contributed by atoms with E-state index in [9.17, 15) is 4.79 Å². The molecule has 1 heterocycles. The van der Waals surface area contributed by atoms with Crippen LogP contribution in [0.15, 0.2) is 94.9 Å². The third kappa shape index (κ3) is 4.26. The van der Waals surface area contributed by atoms with Crippen molar-refractivity contribution in [3.05, 3.63) is 102 Å². The zero-order valence-corrected chi connectivity index (χ0v) is 16.8. The van der Waals surface area contributed by atoms with Crippen LogP contribution in [0.4, 0.5) is 5.69 Å². The van der Waals surface area contributed by atoms with E-state index in [0.29, 0.717) is 11.4 Å². The number of thiocarbonyl (C=S) groups is 1. The van der Waals surface area contributed by atoms with Gasteiger partial charge in [-0.15, -0.1) is 0 Å². The third-order valence-corrected chi connectivity index (χ3v) is 4.75. The van der Waals surface area contributed by atoms with Crippen LogP contribution in [0, 0.1) is 0 Å². The molecule has 3 aromatic carbocycles. The highest BCUT2D eigenvalue weighted by Crippen LogP contribution is 2.23. The van der Waals surface area contributed by atoms with Gasteiger partial charge in [0.25, 0.3) is 5.91 Å². The summed E-state index contributed by atoms with van der Waals surface area (Å²) in [5.41, 5.74) is 9.88. The van der Waals surface area contributed by atoms with Crippen molar-refractivity contribution < 1.29 is 4.79 Å². The quantitative estimate of drug-likeness (QED) is 0.350. The summed E-state index contributed by atoms with van der Waals surface area (Å²) in [6, 6.07) is 26.5. The molecule has 4 rings (SSSR count). The van der Waals surface area contributed by atoms with Crippen molar-refractivity contribution in [3.8, 4) is 0 Å². The van der Waals surface area contributed by atoms with Crippen LogP contribution in [0.25, 0.3) is 0 Å². The van der Waals surface area contributed by atoms with Gasteiger partial charge in [0, 0.05) is 16.7 Å². The van der Waals surface area contributed by atoms with E-state index in [1.165, 1.54) is 0 Å². The number of fused-ring (bicyclic) bond motifs is 1. The first-order valence-electron chi connectivity index (χ1n) is 9.35. The Morgan fingerprint density at radius 1 is 0.967 bits per heavy atom. The molecule has 4 N–H and O–H groups in total. The van der Waals surface area contributed by atoms with E-state index >= 15 is 0 Å². The smallest absolute Gasteiger partial charge is 0.269 e. The number of rotatable bonds is 3. The van der Waals surface area contributed by atoms with Gasteiger partial charge >= 0.3 is 0 Å². The standard InChI is InChI=1S/C23H19N5OS/c24-20(16-11-5-2-6-12-16)27-23(30)28-21-22(29)25-18-14-8-7-13-17(18)19(26-21)15-9-3-1-4-10-15/h1-14,21H,(H,25,29)(H3,24,27,28,30). The monoisotopic (exact) mass is 413 g/mol. The molecule has 7 heteroatoms. The van der Waals surface area contributed by atoms with Crippen LogP contribution in [0.2, 0.25) is 0 Å². The summed E-state index contributed by atoms with van der Waals surface area (Å²) in [7, 11) is 0. The highest BCUT2D eigenvalue weighted by molar-refractivity contribution is 7.80. The van der Waals surface area contributed by atoms with Crippen LogP contribution < -0.4 is 16.4 Å². The van der Waals surface area contributed by atoms with E-state index in [2.05, 4.69) is 20.6 Å². The predicted molar refractivity (Wildman–Crippen MR) is 124 cm³/mol. The molecule has 0 bridgehead atoms. The zero-order valence-electron chi connectivity index (χ0n) is 15.9. The molecule has 0 saturated carbocycles. The molecule has 0 aliphatic carbocycles. The van der Waals surface area contributed by atoms with E-state index in [1.54, 1.807) is 0 Å². The molecule has 0 saturated heterocycles. The summed E-state index contributed by atoms with van der Waals surface area (Å²) < 4.78 is 0. The average Bonchev–Trinajstić information content (AvgIpc) is 2.91. The summed E-state index contributed by atoms with van der Waals surface area (Å²) in [6.07, 6.45) is -0.951. The minimum Gasteiger partial charge on any atom is -0.383 e. The molecule has 0 aromatic heterocycles. The van der Waals surface area contributed by atoms with Gasteiger partial charge in [-0.05, 0) is 18.3 Å². The summed E-state index contributed by atoms with van der Waals surface area (Å²) in [5, 5.41) is 5.90. The van der Waals surface area contributed by atoms with Gasteiger partial charge in [0.05, 0.1) is 11.4 Å². The topological polar surface area (TPSA) is 91.9 Å². The first kappa shape index (κ1) is 19.5. The molecule has 1 atom stereocenters. The SMILES string of the molecule is NC(=NC(=S)NC1N=C(c2ccccc2)c2ccccc2NC1=O)c1ccccc1. The lowest BCUT2D eigenvalue weighted by Crippen LogP contribution is -2.41. The molecule has 1 amide bonds. The Bertz CT molecular complexity index is 1140. The minimum atomic E-state index is -0.951. The molecule has 30 heavy (non-hydrogen) atoms. The summed E-state index contributed by atoms with van der Waals surface area (Å²) >= 11 is 5.32. The van der Waals surface area contributed by atoms with E-state index in [0.717, 1.165) is 16.7 Å². The second kappa shape index (κ2) is 8.67. The van der Waals surface area contributed by atoms with Gasteiger partial charge in [0.1, 0.15) is 5.84 Å². The van der Waals surface area contributed by atoms with Gasteiger partial charge in [0.2, 0.25) is 6.17 Å². The summed E-state index contributed by atoms with van der Waals surface area (Å²) in [6.45, 7) is 0. The Morgan fingerprint density at radius 3 is 2.33 bits per heavy atom. The lowest BCUT2D eigenvalue weighted by atomic mass is 10.0. The predicted octanol–water partition coefficient (Wildman–Crippen LogP) is 3.08. The average molecular weight is 414 g/mol. The number of hydrogen-bond acceptors (Lipinski definition) is 3. The van der Waals surface area contributed by atoms with Gasteiger partial charge in [-0.1, -0.05) is 78.9 Å². The maximum atomic E-state index is 12.8. The molecule has 0 spiro atoms. The molecule has 6 nitrogen and oxygen atoms in total. The first-order chi connectivity index (χ1) is 14.6. The van der Waals surface area contributed by atoms with Crippen molar-refractivity contribution in [2.45, 2.75) is 6.17 Å². The van der Waals surface area contributed by atoms with Crippen LogP contribution >= 0.6 is 12.2 Å². The first-order valence-corrected chi connectivity index (χ1v) is 9.76. The van der Waals surface area contributed by atoms with Gasteiger partial charge in [-0.3, -0.25) is 4.79 Å². The number of nitrogens with one attached hydrogen (secondary N) is 2. The van der Waals surface area contributed by atoms with Crippen molar-refractivity contribution in [2.24, 2.45) is 15.7 Å². The maximum Gasteiger partial charge on any atom is 0.269 e. The fourth-order valence-corrected chi connectivity index (χ4v) is 3.32. The van der Waals surface area contributed by atoms with Gasteiger partial charge in [-0.25, -0.2) is 9.98 Å². The number of carbonyl (C=O) groups is 1. The van der Waals surface area contributed by atoms with Crippen LogP contribution in [0.3, 0.4) is 0 Å². The number of amides is 1. The minimum absolute atomic E-state index is 0.0821. The highest BCUT2D eigenvalue weighted by Gasteiger charge is 2.26. The lowest BCUT2D eigenvalue weighted by molar-refractivity contribution is -0.117. The molecule has 0 fully saturated rings. The fraction of sp³-hybridized carbons (Fsp3) is 0.0435. The van der Waals surface area contributed by atoms with Crippen LogP contribution in [0.5, 0.6) is 0 Å². The van der Waals surface area contributed by atoms with Crippen molar-refractivity contribution in [1.82, 2.24) is 5.32 Å². The Kier molecular flexibility index (Phi) is 5.63. The number of para-hydroxylation sites is 1. The van der Waals surface area contributed by atoms with Crippen molar-refractivity contribution in [3.63, 3.8) is 0 Å². The Hall–Kier alpha value is -3.84. The molecular weight excluding hydrogens is 394 g/mol. The number of anilines is 1. The molecule has 1 aliphatic heterocycles. The highest BCUT2D eigenvalue weighted by atomic mass is 32.1. The number of benzene rings is 3. The molecule has 1 aliphatic rings. The Morgan fingerprint density at radius 2 is 1.60 bits per heavy atom. The third-order valence-electron chi connectivity index (χ3n) is 4.55. The van der Waals surface area contributed by atoms with Crippen molar-refractivity contribution in [2.75, 3.05) is 5.32 Å². The normalized spacial score (nSPS) is 16.0. The van der Waals surface area contributed by atoms with E-state index in [-0.39, 0.29) is 16.9 Å². The number of benzodiazepines with no additional fused rings is 1. The second-order valence-electron chi connectivity index (χ2n) is 6.59. The Labute approximate surface area is 179 Å². The Balaban J connectivity index is 1.66. The van der Waals surface area contributed by atoms with Crippen molar-refractivity contribution in [1.29, 1.82) is 0 Å². The number of aliphatic imine (C=N–C) groups is 2. The number of carbonyl (C=O) groups excluding carboxylic acids is 1. The number of nitrogens with zero attached hydrogens (tertiary/aromatic N) is 2. The maximum absolute atomic E-state index is 12.8. The van der Waals surface area contributed by atoms with E-state index < -0.39 is 6.17 Å². The number of hydrogen-bond donors (Lipinski definition) is 3. The number of amidine groups is 1. The molecule has 148 valence electrons. The molecule has 0 radical (unpaired) electrons. The lowest BCUT2D eigenvalue weighted by Gasteiger charge is -2.13. The van der Waals surface area contributed by atoms with E-state index in [1.807, 2.05) is 84.9 Å². The fourth-order valence-electron chi connectivity index (χ4n) is 3.11. The molecular formula is C23H19N5OS. The van der Waals surface area contributed by atoms with Crippen LogP contribution in [0.1, 0.15) is 16.7 Å². The van der Waals surface area contributed by atoms with Crippen LogP contribution in [-0.4, -0.2) is 28.7 Å². The second-order valence-corrected chi connectivity index (χ2v) is 6.98. The number of nitrogens with two attached hydrogens (primary N) is 1. The zero-order chi connectivity index (χ0) is 20.9. The van der Waals surface area contributed by atoms with Gasteiger partial charge < -0.3 is 16.4 Å². The van der Waals surface area contributed by atoms with Crippen molar-refractivity contribution >= 4 is 40.5 Å². The summed E-state index contributed by atoms with van der Waals surface area (Å²) in [4.78, 5) is 21.7. The summed E-state index contributed by atoms with van der Waals surface area (Å²) in [5.74, 6) is -0.0677. The molecule has 3 aromatic rings. The molecule has 1 unspecified atom stereocenters. The van der Waals surface area contributed by atoms with E-state index in [4.69, 9.17) is 18.0 Å². The van der Waals surface area contributed by atoms with Gasteiger partial charge in [0.15, 0.2) is 5.11 Å². The van der Waals surface area contributed by atoms with Gasteiger partial charge in [-0.2, -0.15) is 0 Å². The van der Waals surface area contributed by atoms with Crippen LogP contribution in [-0.2, 0) is 4.79 Å². The largest absolute Gasteiger partial charge is 0.383 e.